The van der Waals surface area contributed by atoms with E-state index in [0.717, 1.165) is 16.2 Å². The van der Waals surface area contributed by atoms with E-state index < -0.39 is 10.8 Å². The van der Waals surface area contributed by atoms with Crippen molar-refractivity contribution < 1.29 is 8.95 Å². The van der Waals surface area contributed by atoms with Gasteiger partial charge in [0.25, 0.3) is 0 Å². The zero-order valence-electron chi connectivity index (χ0n) is 12.0. The Kier molecular flexibility index (Phi) is 5.79. The van der Waals surface area contributed by atoms with E-state index in [4.69, 9.17) is 16.3 Å². The van der Waals surface area contributed by atoms with E-state index in [1.807, 2.05) is 31.3 Å². The molecule has 0 aromatic heterocycles. The highest BCUT2D eigenvalue weighted by atomic mass is 35.5. The molecule has 0 bridgehead atoms. The lowest BCUT2D eigenvalue weighted by molar-refractivity contribution is 0.414. The van der Waals surface area contributed by atoms with Gasteiger partial charge in [-0.05, 0) is 49.0 Å². The zero-order valence-corrected chi connectivity index (χ0v) is 13.6. The largest absolute Gasteiger partial charge is 0.497 e. The average Bonchev–Trinajstić information content (AvgIpc) is 2.53. The van der Waals surface area contributed by atoms with Gasteiger partial charge in [0.05, 0.1) is 17.9 Å². The second-order valence-corrected chi connectivity index (χ2v) is 6.51. The normalized spacial score (nSPS) is 13.7. The van der Waals surface area contributed by atoms with Crippen LogP contribution in [0.3, 0.4) is 0 Å². The molecule has 2 rings (SSSR count). The number of halogens is 1. The summed E-state index contributed by atoms with van der Waals surface area (Å²) in [5, 5.41) is 3.86. The van der Waals surface area contributed by atoms with Gasteiger partial charge in [0, 0.05) is 21.7 Å². The third-order valence-corrected chi connectivity index (χ3v) is 4.95. The van der Waals surface area contributed by atoms with Gasteiger partial charge in [-0.15, -0.1) is 0 Å². The fraction of sp³-hybridized carbons (Fsp3) is 0.250. The van der Waals surface area contributed by atoms with Gasteiger partial charge in [-0.2, -0.15) is 0 Å². The van der Waals surface area contributed by atoms with Crippen LogP contribution in [0.2, 0.25) is 5.02 Å². The molecule has 0 spiro atoms. The van der Waals surface area contributed by atoms with E-state index in [1.54, 1.807) is 31.4 Å². The molecule has 1 N–H and O–H groups in total. The molecule has 0 radical (unpaired) electrons. The van der Waals surface area contributed by atoms with Crippen molar-refractivity contribution in [3.8, 4) is 5.75 Å². The molecule has 5 heteroatoms. The predicted octanol–water partition coefficient (Wildman–Crippen LogP) is 3.42. The second-order valence-electron chi connectivity index (χ2n) is 4.58. The Balaban J connectivity index is 2.10. The Morgan fingerprint density at radius 1 is 1.14 bits per heavy atom. The monoisotopic (exact) mass is 323 g/mol. The van der Waals surface area contributed by atoms with E-state index in [0.29, 0.717) is 10.8 Å². The summed E-state index contributed by atoms with van der Waals surface area (Å²) in [4.78, 5) is 0.785. The van der Waals surface area contributed by atoms with Crippen molar-refractivity contribution in [3.63, 3.8) is 0 Å². The summed E-state index contributed by atoms with van der Waals surface area (Å²) in [6.45, 7) is 0. The maximum atomic E-state index is 12.4. The van der Waals surface area contributed by atoms with E-state index in [9.17, 15) is 4.21 Å². The molecule has 2 aromatic carbocycles. The van der Waals surface area contributed by atoms with Gasteiger partial charge in [0.2, 0.25) is 0 Å². The minimum atomic E-state index is -1.08. The molecule has 0 aliphatic heterocycles. The molecule has 2 unspecified atom stereocenters. The van der Waals surface area contributed by atoms with Crippen LogP contribution in [0.1, 0.15) is 11.6 Å². The molecule has 112 valence electrons. The molecule has 0 amide bonds. The van der Waals surface area contributed by atoms with Crippen molar-refractivity contribution in [2.75, 3.05) is 19.9 Å². The minimum absolute atomic E-state index is 0.0208. The number of benzene rings is 2. The quantitative estimate of drug-likeness (QED) is 0.885. The first-order chi connectivity index (χ1) is 10.1. The van der Waals surface area contributed by atoms with Gasteiger partial charge in [-0.25, -0.2) is 0 Å². The third kappa shape index (κ3) is 4.30. The van der Waals surface area contributed by atoms with Crippen molar-refractivity contribution in [1.82, 2.24) is 5.32 Å². The van der Waals surface area contributed by atoms with Crippen LogP contribution in [0.25, 0.3) is 0 Å². The number of hydrogen-bond donors (Lipinski definition) is 1. The van der Waals surface area contributed by atoms with Crippen LogP contribution < -0.4 is 10.1 Å². The Morgan fingerprint density at radius 2 is 1.76 bits per heavy atom. The highest BCUT2D eigenvalue weighted by Crippen LogP contribution is 2.21. The lowest BCUT2D eigenvalue weighted by Crippen LogP contribution is -2.22. The molecule has 0 aliphatic rings. The van der Waals surface area contributed by atoms with E-state index >= 15 is 0 Å². The molecule has 0 saturated carbocycles. The number of nitrogens with one attached hydrogen (secondary N) is 1. The van der Waals surface area contributed by atoms with Crippen molar-refractivity contribution in [1.29, 1.82) is 0 Å². The van der Waals surface area contributed by atoms with Gasteiger partial charge in [-0.1, -0.05) is 23.7 Å². The molecule has 0 heterocycles. The van der Waals surface area contributed by atoms with Crippen molar-refractivity contribution in [2.24, 2.45) is 0 Å². The molecular formula is C16H18ClNO2S. The van der Waals surface area contributed by atoms with Crippen LogP contribution in [0.15, 0.2) is 53.4 Å². The Labute approximate surface area is 132 Å². The third-order valence-electron chi connectivity index (χ3n) is 3.26. The highest BCUT2D eigenvalue weighted by Gasteiger charge is 2.14. The first-order valence-corrected chi connectivity index (χ1v) is 8.29. The van der Waals surface area contributed by atoms with E-state index in [1.165, 1.54) is 0 Å². The van der Waals surface area contributed by atoms with Crippen LogP contribution >= 0.6 is 11.6 Å². The lowest BCUT2D eigenvalue weighted by atomic mass is 10.1. The summed E-state index contributed by atoms with van der Waals surface area (Å²) < 4.78 is 17.6. The predicted molar refractivity (Wildman–Crippen MR) is 87.5 cm³/mol. The van der Waals surface area contributed by atoms with Gasteiger partial charge in [0.1, 0.15) is 5.75 Å². The molecule has 3 nitrogen and oxygen atoms in total. The average molecular weight is 324 g/mol. The summed E-state index contributed by atoms with van der Waals surface area (Å²) >= 11 is 5.85. The lowest BCUT2D eigenvalue weighted by Gasteiger charge is -2.16. The van der Waals surface area contributed by atoms with Crippen LogP contribution in [-0.2, 0) is 10.8 Å². The van der Waals surface area contributed by atoms with Crippen molar-refractivity contribution in [3.05, 3.63) is 59.1 Å². The second kappa shape index (κ2) is 7.59. The number of ether oxygens (including phenoxy) is 1. The first-order valence-electron chi connectivity index (χ1n) is 6.59. The highest BCUT2D eigenvalue weighted by molar-refractivity contribution is 7.85. The SMILES string of the molecule is CNC(CS(=O)c1ccc(Cl)cc1)c1ccc(OC)cc1. The van der Waals surface area contributed by atoms with Crippen LogP contribution in [0.5, 0.6) is 5.75 Å². The minimum Gasteiger partial charge on any atom is -0.497 e. The molecular weight excluding hydrogens is 306 g/mol. The summed E-state index contributed by atoms with van der Waals surface area (Å²) in [5.74, 6) is 1.32. The van der Waals surface area contributed by atoms with Crippen molar-refractivity contribution >= 4 is 22.4 Å². The molecule has 2 atom stereocenters. The smallest absolute Gasteiger partial charge is 0.118 e. The number of rotatable bonds is 6. The standard InChI is InChI=1S/C16H18ClNO2S/c1-18-16(12-3-7-14(20-2)8-4-12)11-21(19)15-9-5-13(17)6-10-15/h3-10,16,18H,11H2,1-2H3. The summed E-state index contributed by atoms with van der Waals surface area (Å²) in [5.41, 5.74) is 1.08. The molecule has 2 aromatic rings. The molecule has 0 aliphatic carbocycles. The van der Waals surface area contributed by atoms with Gasteiger partial charge in [0.15, 0.2) is 0 Å². The zero-order chi connectivity index (χ0) is 15.2. The molecule has 0 saturated heterocycles. The van der Waals surface area contributed by atoms with E-state index in [-0.39, 0.29) is 6.04 Å². The summed E-state index contributed by atoms with van der Waals surface area (Å²) in [6.07, 6.45) is 0. The van der Waals surface area contributed by atoms with Gasteiger partial charge >= 0.3 is 0 Å². The topological polar surface area (TPSA) is 38.3 Å². The summed E-state index contributed by atoms with van der Waals surface area (Å²) in [6, 6.07) is 14.9. The fourth-order valence-corrected chi connectivity index (χ4v) is 3.44. The fourth-order valence-electron chi connectivity index (χ4n) is 2.02. The summed E-state index contributed by atoms with van der Waals surface area (Å²) in [7, 11) is 2.43. The maximum absolute atomic E-state index is 12.4. The molecule has 0 fully saturated rings. The van der Waals surface area contributed by atoms with Crippen molar-refractivity contribution in [2.45, 2.75) is 10.9 Å². The number of methoxy groups -OCH3 is 1. The molecule has 21 heavy (non-hydrogen) atoms. The Bertz CT molecular complexity index is 599. The van der Waals surface area contributed by atoms with Gasteiger partial charge in [-0.3, -0.25) is 4.21 Å². The van der Waals surface area contributed by atoms with Gasteiger partial charge < -0.3 is 10.1 Å². The van der Waals surface area contributed by atoms with Crippen LogP contribution in [0.4, 0.5) is 0 Å². The Hall–Kier alpha value is -1.36. The first kappa shape index (κ1) is 16.0. The van der Waals surface area contributed by atoms with Crippen LogP contribution in [-0.4, -0.2) is 24.1 Å². The Morgan fingerprint density at radius 3 is 2.29 bits per heavy atom. The van der Waals surface area contributed by atoms with E-state index in [2.05, 4.69) is 5.32 Å². The van der Waals surface area contributed by atoms with Crippen LogP contribution in [0, 0.1) is 0 Å². The maximum Gasteiger partial charge on any atom is 0.118 e. The number of hydrogen-bond acceptors (Lipinski definition) is 3.